The highest BCUT2D eigenvalue weighted by Crippen LogP contribution is 2.59. The molecule has 0 aromatic heterocycles. The first-order valence-electron chi connectivity index (χ1n) is 6.97. The average molecular weight is 251 g/mol. The molecule has 0 spiro atoms. The number of allylic oxidation sites excluding steroid dienone is 2. The maximum atomic E-state index is 12.2. The van der Waals surface area contributed by atoms with Crippen LogP contribution in [0.5, 0.6) is 0 Å². The molecule has 2 aliphatic rings. The van der Waals surface area contributed by atoms with E-state index in [1.54, 1.807) is 0 Å². The van der Waals surface area contributed by atoms with E-state index in [4.69, 9.17) is 4.74 Å². The van der Waals surface area contributed by atoms with Gasteiger partial charge in [0.1, 0.15) is 0 Å². The van der Waals surface area contributed by atoms with Crippen LogP contribution in [0.4, 0.5) is 0 Å². The van der Waals surface area contributed by atoms with E-state index in [0.29, 0.717) is 12.5 Å². The van der Waals surface area contributed by atoms with Crippen LogP contribution in [0.25, 0.3) is 0 Å². The van der Waals surface area contributed by atoms with Crippen LogP contribution in [0.1, 0.15) is 40.5 Å². The van der Waals surface area contributed by atoms with Crippen molar-refractivity contribution in [1.29, 1.82) is 0 Å². The standard InChI is InChI=1S/C15H25NO2/c1-10(2)8-12-13(15(12,3)4)14(17)16-9-11-6-5-7-18-11/h8,11-13H,5-7,9H2,1-4H3,(H,16,17)/t11-,12+,13-/m0/s1. The summed E-state index contributed by atoms with van der Waals surface area (Å²) in [5, 5.41) is 3.05. The third kappa shape index (κ3) is 2.77. The molecule has 1 aliphatic heterocycles. The fourth-order valence-corrected chi connectivity index (χ4v) is 2.98. The normalized spacial score (nSPS) is 33.0. The number of carbonyl (C=O) groups is 1. The number of carbonyl (C=O) groups excluding carboxylic acids is 1. The Labute approximate surface area is 110 Å². The van der Waals surface area contributed by atoms with E-state index in [-0.39, 0.29) is 23.3 Å². The second-order valence-corrected chi connectivity index (χ2v) is 6.45. The number of rotatable bonds is 4. The molecule has 0 aromatic rings. The molecule has 0 radical (unpaired) electrons. The summed E-state index contributed by atoms with van der Waals surface area (Å²) in [6.07, 6.45) is 4.66. The minimum Gasteiger partial charge on any atom is -0.376 e. The lowest BCUT2D eigenvalue weighted by Gasteiger charge is -2.11. The third-order valence-corrected chi connectivity index (χ3v) is 4.23. The van der Waals surface area contributed by atoms with Gasteiger partial charge in [0.25, 0.3) is 0 Å². The molecule has 1 amide bonds. The van der Waals surface area contributed by atoms with Crippen LogP contribution in [0.3, 0.4) is 0 Å². The Morgan fingerprint density at radius 3 is 2.72 bits per heavy atom. The van der Waals surface area contributed by atoms with Crippen LogP contribution in [-0.4, -0.2) is 25.2 Å². The summed E-state index contributed by atoms with van der Waals surface area (Å²) >= 11 is 0. The minimum atomic E-state index is 0.109. The molecule has 0 aromatic carbocycles. The van der Waals surface area contributed by atoms with Crippen LogP contribution in [0.15, 0.2) is 11.6 Å². The van der Waals surface area contributed by atoms with Gasteiger partial charge in [-0.15, -0.1) is 0 Å². The van der Waals surface area contributed by atoms with Crippen molar-refractivity contribution in [2.75, 3.05) is 13.2 Å². The second-order valence-electron chi connectivity index (χ2n) is 6.45. The van der Waals surface area contributed by atoms with Gasteiger partial charge in [-0.3, -0.25) is 4.79 Å². The fourth-order valence-electron chi connectivity index (χ4n) is 2.98. The van der Waals surface area contributed by atoms with Crippen molar-refractivity contribution in [2.24, 2.45) is 17.3 Å². The zero-order valence-corrected chi connectivity index (χ0v) is 12.0. The van der Waals surface area contributed by atoms with Crippen molar-refractivity contribution in [1.82, 2.24) is 5.32 Å². The van der Waals surface area contributed by atoms with Gasteiger partial charge in [-0.2, -0.15) is 0 Å². The van der Waals surface area contributed by atoms with Gasteiger partial charge in [-0.1, -0.05) is 25.5 Å². The van der Waals surface area contributed by atoms with Crippen LogP contribution in [0, 0.1) is 17.3 Å². The Bertz CT molecular complexity index is 350. The third-order valence-electron chi connectivity index (χ3n) is 4.23. The van der Waals surface area contributed by atoms with Crippen molar-refractivity contribution in [3.8, 4) is 0 Å². The number of hydrogen-bond acceptors (Lipinski definition) is 2. The Balaban J connectivity index is 1.84. The number of ether oxygens (including phenoxy) is 1. The SMILES string of the molecule is CC(C)=C[C@@H]1[C@@H](C(=O)NC[C@@H]2CCCO2)C1(C)C. The van der Waals surface area contributed by atoms with Gasteiger partial charge in [0.15, 0.2) is 0 Å². The smallest absolute Gasteiger partial charge is 0.224 e. The predicted molar refractivity (Wildman–Crippen MR) is 72.2 cm³/mol. The maximum absolute atomic E-state index is 12.2. The van der Waals surface area contributed by atoms with Crippen LogP contribution in [0.2, 0.25) is 0 Å². The highest BCUT2D eigenvalue weighted by molar-refractivity contribution is 5.83. The van der Waals surface area contributed by atoms with Gasteiger partial charge in [-0.05, 0) is 38.0 Å². The first kappa shape index (κ1) is 13.6. The molecule has 18 heavy (non-hydrogen) atoms. The summed E-state index contributed by atoms with van der Waals surface area (Å²) in [7, 11) is 0. The van der Waals surface area contributed by atoms with Crippen molar-refractivity contribution in [3.63, 3.8) is 0 Å². The average Bonchev–Trinajstić information content (AvgIpc) is 2.70. The Hall–Kier alpha value is -0.830. The quantitative estimate of drug-likeness (QED) is 0.780. The predicted octanol–water partition coefficient (Wildman–Crippen LogP) is 2.52. The summed E-state index contributed by atoms with van der Waals surface area (Å²) in [4.78, 5) is 12.2. The summed E-state index contributed by atoms with van der Waals surface area (Å²) in [6.45, 7) is 10.1. The molecule has 0 unspecified atom stereocenters. The summed E-state index contributed by atoms with van der Waals surface area (Å²) in [6, 6.07) is 0. The van der Waals surface area contributed by atoms with E-state index in [1.165, 1.54) is 5.57 Å². The van der Waals surface area contributed by atoms with Gasteiger partial charge in [0, 0.05) is 13.2 Å². The van der Waals surface area contributed by atoms with E-state index in [2.05, 4.69) is 39.1 Å². The van der Waals surface area contributed by atoms with Gasteiger partial charge >= 0.3 is 0 Å². The monoisotopic (exact) mass is 251 g/mol. The molecule has 1 N–H and O–H groups in total. The van der Waals surface area contributed by atoms with Crippen LogP contribution >= 0.6 is 0 Å². The lowest BCUT2D eigenvalue weighted by Crippen LogP contribution is -2.33. The topological polar surface area (TPSA) is 38.3 Å². The number of hydrogen-bond donors (Lipinski definition) is 1. The van der Waals surface area contributed by atoms with E-state index >= 15 is 0 Å². The van der Waals surface area contributed by atoms with Crippen molar-refractivity contribution in [3.05, 3.63) is 11.6 Å². The highest BCUT2D eigenvalue weighted by Gasteiger charge is 2.60. The maximum Gasteiger partial charge on any atom is 0.224 e. The Kier molecular flexibility index (Phi) is 3.81. The van der Waals surface area contributed by atoms with Crippen molar-refractivity contribution in [2.45, 2.75) is 46.6 Å². The summed E-state index contributed by atoms with van der Waals surface area (Å²) in [5.41, 5.74) is 1.40. The first-order valence-corrected chi connectivity index (χ1v) is 6.97. The molecular weight excluding hydrogens is 226 g/mol. The minimum absolute atomic E-state index is 0.109. The van der Waals surface area contributed by atoms with Crippen molar-refractivity contribution >= 4 is 5.91 Å². The zero-order chi connectivity index (χ0) is 13.3. The first-order chi connectivity index (χ1) is 8.43. The zero-order valence-electron chi connectivity index (χ0n) is 12.0. The molecule has 1 heterocycles. The van der Waals surface area contributed by atoms with Gasteiger partial charge in [-0.25, -0.2) is 0 Å². The fraction of sp³-hybridized carbons (Fsp3) is 0.800. The van der Waals surface area contributed by atoms with Crippen LogP contribution < -0.4 is 5.32 Å². The largest absolute Gasteiger partial charge is 0.376 e. The summed E-state index contributed by atoms with van der Waals surface area (Å²) < 4.78 is 5.52. The molecule has 3 atom stereocenters. The Morgan fingerprint density at radius 2 is 2.17 bits per heavy atom. The molecule has 3 heteroatoms. The second kappa shape index (κ2) is 5.04. The van der Waals surface area contributed by atoms with Crippen LogP contribution in [-0.2, 0) is 9.53 Å². The van der Waals surface area contributed by atoms with Gasteiger partial charge < -0.3 is 10.1 Å². The molecule has 1 saturated carbocycles. The molecule has 1 saturated heterocycles. The molecule has 2 rings (SSSR count). The van der Waals surface area contributed by atoms with E-state index in [9.17, 15) is 4.79 Å². The van der Waals surface area contributed by atoms with E-state index < -0.39 is 0 Å². The molecule has 2 fully saturated rings. The Morgan fingerprint density at radius 1 is 1.44 bits per heavy atom. The molecular formula is C15H25NO2. The highest BCUT2D eigenvalue weighted by atomic mass is 16.5. The van der Waals surface area contributed by atoms with E-state index in [0.717, 1.165) is 19.4 Å². The molecule has 3 nitrogen and oxygen atoms in total. The molecule has 1 aliphatic carbocycles. The van der Waals surface area contributed by atoms with Gasteiger partial charge in [0.2, 0.25) is 5.91 Å². The lowest BCUT2D eigenvalue weighted by atomic mass is 10.1. The lowest BCUT2D eigenvalue weighted by molar-refractivity contribution is -0.123. The summed E-state index contributed by atoms with van der Waals surface area (Å²) in [5.74, 6) is 0.721. The van der Waals surface area contributed by atoms with Crippen molar-refractivity contribution < 1.29 is 9.53 Å². The van der Waals surface area contributed by atoms with Gasteiger partial charge in [0.05, 0.1) is 12.0 Å². The molecule has 0 bridgehead atoms. The molecule has 102 valence electrons. The van der Waals surface area contributed by atoms with E-state index in [1.807, 2.05) is 0 Å². The number of nitrogens with one attached hydrogen (secondary N) is 1. The number of amides is 1.